The van der Waals surface area contributed by atoms with Gasteiger partial charge < -0.3 is 10.0 Å². The van der Waals surface area contributed by atoms with E-state index in [-0.39, 0.29) is 10.9 Å². The quantitative estimate of drug-likeness (QED) is 0.784. The molecule has 0 amide bonds. The number of carbonyl (C=O) groups is 1. The summed E-state index contributed by atoms with van der Waals surface area (Å²) in [5, 5.41) is 8.60. The van der Waals surface area contributed by atoms with Crippen LogP contribution in [0.2, 0.25) is 0 Å². The van der Waals surface area contributed by atoms with Gasteiger partial charge in [-0.05, 0) is 43.8 Å². The highest BCUT2D eigenvalue weighted by molar-refractivity contribution is 7.89. The molecule has 114 valence electrons. The van der Waals surface area contributed by atoms with E-state index in [0.29, 0.717) is 12.1 Å². The SMILES string of the molecule is CN1CCC(NS(=O)(=O)c2cccc(C=CC(=O)O)c2)C1. The Morgan fingerprint density at radius 3 is 2.86 bits per heavy atom. The fourth-order valence-corrected chi connectivity index (χ4v) is 3.59. The Labute approximate surface area is 124 Å². The number of sulfonamides is 1. The lowest BCUT2D eigenvalue weighted by molar-refractivity contribution is -0.131. The average Bonchev–Trinajstić information content (AvgIpc) is 2.81. The maximum atomic E-state index is 12.3. The third kappa shape index (κ3) is 4.38. The van der Waals surface area contributed by atoms with E-state index in [2.05, 4.69) is 9.62 Å². The van der Waals surface area contributed by atoms with Crippen LogP contribution in [0.5, 0.6) is 0 Å². The highest BCUT2D eigenvalue weighted by atomic mass is 32.2. The molecule has 0 saturated carbocycles. The maximum Gasteiger partial charge on any atom is 0.328 e. The van der Waals surface area contributed by atoms with Gasteiger partial charge in [0.1, 0.15) is 0 Å². The van der Waals surface area contributed by atoms with Gasteiger partial charge in [0, 0.05) is 18.7 Å². The van der Waals surface area contributed by atoms with Gasteiger partial charge >= 0.3 is 5.97 Å². The third-order valence-electron chi connectivity index (χ3n) is 3.30. The monoisotopic (exact) mass is 310 g/mol. The zero-order valence-corrected chi connectivity index (χ0v) is 12.5. The molecular formula is C14H18N2O4S. The van der Waals surface area contributed by atoms with Gasteiger partial charge in [-0.3, -0.25) is 0 Å². The first-order chi connectivity index (χ1) is 9.87. The van der Waals surface area contributed by atoms with Gasteiger partial charge in [-0.15, -0.1) is 0 Å². The van der Waals surface area contributed by atoms with Crippen molar-refractivity contribution in [2.45, 2.75) is 17.4 Å². The zero-order chi connectivity index (χ0) is 15.5. The second-order valence-electron chi connectivity index (χ2n) is 5.11. The molecule has 7 heteroatoms. The standard InChI is InChI=1S/C14H18N2O4S/c1-16-8-7-12(10-16)15-21(19,20)13-4-2-3-11(9-13)5-6-14(17)18/h2-6,9,12,15H,7-8,10H2,1H3,(H,17,18). The van der Waals surface area contributed by atoms with Crippen molar-refractivity contribution >= 4 is 22.1 Å². The summed E-state index contributed by atoms with van der Waals surface area (Å²) in [6.07, 6.45) is 3.13. The number of hydrogen-bond donors (Lipinski definition) is 2. The molecule has 0 bridgehead atoms. The van der Waals surface area contributed by atoms with Crippen molar-refractivity contribution in [1.29, 1.82) is 0 Å². The molecule has 2 N–H and O–H groups in total. The zero-order valence-electron chi connectivity index (χ0n) is 11.7. The first-order valence-corrected chi connectivity index (χ1v) is 8.07. The van der Waals surface area contributed by atoms with Crippen LogP contribution >= 0.6 is 0 Å². The molecule has 0 radical (unpaired) electrons. The van der Waals surface area contributed by atoms with E-state index in [1.807, 2.05) is 7.05 Å². The Hall–Kier alpha value is -1.70. The topological polar surface area (TPSA) is 86.7 Å². The molecule has 1 aromatic carbocycles. The Kier molecular flexibility index (Phi) is 4.76. The second kappa shape index (κ2) is 6.38. The highest BCUT2D eigenvalue weighted by Crippen LogP contribution is 2.15. The summed E-state index contributed by atoms with van der Waals surface area (Å²) >= 11 is 0. The van der Waals surface area contributed by atoms with E-state index < -0.39 is 16.0 Å². The van der Waals surface area contributed by atoms with E-state index in [9.17, 15) is 13.2 Å². The van der Waals surface area contributed by atoms with Gasteiger partial charge in [-0.1, -0.05) is 12.1 Å². The van der Waals surface area contributed by atoms with Crippen LogP contribution in [0, 0.1) is 0 Å². The van der Waals surface area contributed by atoms with Crippen LogP contribution in [-0.2, 0) is 14.8 Å². The predicted octanol–water partition coefficient (Wildman–Crippen LogP) is 0.767. The van der Waals surface area contributed by atoms with E-state index in [1.54, 1.807) is 12.1 Å². The van der Waals surface area contributed by atoms with Crippen LogP contribution in [-0.4, -0.2) is 50.6 Å². The first kappa shape index (κ1) is 15.7. The number of rotatable bonds is 5. The highest BCUT2D eigenvalue weighted by Gasteiger charge is 2.25. The minimum atomic E-state index is -3.59. The van der Waals surface area contributed by atoms with Crippen molar-refractivity contribution < 1.29 is 18.3 Å². The first-order valence-electron chi connectivity index (χ1n) is 6.59. The summed E-state index contributed by atoms with van der Waals surface area (Å²) in [7, 11) is -1.64. The van der Waals surface area contributed by atoms with Crippen molar-refractivity contribution in [1.82, 2.24) is 9.62 Å². The van der Waals surface area contributed by atoms with Gasteiger partial charge in [0.15, 0.2) is 0 Å². The Morgan fingerprint density at radius 2 is 2.24 bits per heavy atom. The van der Waals surface area contributed by atoms with E-state index >= 15 is 0 Å². The Morgan fingerprint density at radius 1 is 1.48 bits per heavy atom. The lowest BCUT2D eigenvalue weighted by Gasteiger charge is -2.13. The number of nitrogens with one attached hydrogen (secondary N) is 1. The largest absolute Gasteiger partial charge is 0.478 e. The molecule has 1 saturated heterocycles. The van der Waals surface area contributed by atoms with Crippen LogP contribution < -0.4 is 4.72 Å². The number of benzene rings is 1. The normalized spacial score (nSPS) is 20.1. The molecule has 0 spiro atoms. The molecule has 21 heavy (non-hydrogen) atoms. The van der Waals surface area contributed by atoms with Gasteiger partial charge in [0.25, 0.3) is 0 Å². The van der Waals surface area contributed by atoms with Crippen molar-refractivity contribution in [3.8, 4) is 0 Å². The molecule has 1 atom stereocenters. The molecule has 1 aliphatic heterocycles. The summed E-state index contributed by atoms with van der Waals surface area (Å²) in [5.74, 6) is -1.07. The number of hydrogen-bond acceptors (Lipinski definition) is 4. The molecule has 1 heterocycles. The minimum absolute atomic E-state index is 0.0850. The summed E-state index contributed by atoms with van der Waals surface area (Å²) in [4.78, 5) is 12.7. The third-order valence-corrected chi connectivity index (χ3v) is 4.82. The molecule has 0 aromatic heterocycles. The van der Waals surface area contributed by atoms with Gasteiger partial charge in [-0.2, -0.15) is 0 Å². The Balaban J connectivity index is 2.16. The summed E-state index contributed by atoms with van der Waals surface area (Å²) in [6.45, 7) is 1.56. The number of carboxylic acid groups (broad SMARTS) is 1. The molecule has 6 nitrogen and oxygen atoms in total. The molecule has 2 rings (SSSR count). The summed E-state index contributed by atoms with van der Waals surface area (Å²) in [5.41, 5.74) is 0.531. The molecular weight excluding hydrogens is 292 g/mol. The van der Waals surface area contributed by atoms with Crippen LogP contribution in [0.15, 0.2) is 35.2 Å². The van der Waals surface area contributed by atoms with Gasteiger partial charge in [-0.25, -0.2) is 17.9 Å². The van der Waals surface area contributed by atoms with Crippen molar-refractivity contribution in [2.24, 2.45) is 0 Å². The Bertz CT molecular complexity index is 655. The average molecular weight is 310 g/mol. The molecule has 1 unspecified atom stereocenters. The fourth-order valence-electron chi connectivity index (χ4n) is 2.27. The fraction of sp³-hybridized carbons (Fsp3) is 0.357. The summed E-state index contributed by atoms with van der Waals surface area (Å²) in [6, 6.07) is 6.12. The van der Waals surface area contributed by atoms with E-state index in [1.165, 1.54) is 18.2 Å². The number of nitrogens with zero attached hydrogens (tertiary/aromatic N) is 1. The molecule has 1 aromatic rings. The number of likely N-dealkylation sites (N-methyl/N-ethyl adjacent to an activating group) is 1. The van der Waals surface area contributed by atoms with Crippen LogP contribution in [0.4, 0.5) is 0 Å². The van der Waals surface area contributed by atoms with Gasteiger partial charge in [0.2, 0.25) is 10.0 Å². The smallest absolute Gasteiger partial charge is 0.328 e. The van der Waals surface area contributed by atoms with E-state index in [4.69, 9.17) is 5.11 Å². The minimum Gasteiger partial charge on any atom is -0.478 e. The van der Waals surface area contributed by atoms with Crippen LogP contribution in [0.3, 0.4) is 0 Å². The van der Waals surface area contributed by atoms with Gasteiger partial charge in [0.05, 0.1) is 4.90 Å². The van der Waals surface area contributed by atoms with Crippen LogP contribution in [0.25, 0.3) is 6.08 Å². The maximum absolute atomic E-state index is 12.3. The molecule has 1 fully saturated rings. The number of carboxylic acids is 1. The summed E-state index contributed by atoms with van der Waals surface area (Å²) < 4.78 is 27.3. The van der Waals surface area contributed by atoms with Crippen molar-refractivity contribution in [3.05, 3.63) is 35.9 Å². The molecule has 0 aliphatic carbocycles. The van der Waals surface area contributed by atoms with Crippen molar-refractivity contribution in [2.75, 3.05) is 20.1 Å². The van der Waals surface area contributed by atoms with E-state index in [0.717, 1.165) is 19.0 Å². The lowest BCUT2D eigenvalue weighted by atomic mass is 10.2. The lowest BCUT2D eigenvalue weighted by Crippen LogP contribution is -2.36. The second-order valence-corrected chi connectivity index (χ2v) is 6.83. The molecule has 1 aliphatic rings. The van der Waals surface area contributed by atoms with Crippen molar-refractivity contribution in [3.63, 3.8) is 0 Å². The predicted molar refractivity (Wildman–Crippen MR) is 79.3 cm³/mol. The number of aliphatic carboxylic acids is 1. The number of likely N-dealkylation sites (tertiary alicyclic amines) is 1. The van der Waals surface area contributed by atoms with Crippen LogP contribution in [0.1, 0.15) is 12.0 Å².